The Labute approximate surface area is 110 Å². The van der Waals surface area contributed by atoms with Gasteiger partial charge in [0.2, 0.25) is 0 Å². The maximum absolute atomic E-state index is 9.12. The summed E-state index contributed by atoms with van der Waals surface area (Å²) in [6, 6.07) is 0. The van der Waals surface area contributed by atoms with Crippen LogP contribution in [0.4, 0.5) is 5.82 Å². The third kappa shape index (κ3) is 2.15. The SMILES string of the molecule is CCNc1ncnc2c1ncn2[C@H]1CC[C@@H](CO)O1. The lowest BCUT2D eigenvalue weighted by molar-refractivity contribution is -0.0207. The van der Waals surface area contributed by atoms with Crippen molar-refractivity contribution < 1.29 is 9.84 Å². The van der Waals surface area contributed by atoms with E-state index in [4.69, 9.17) is 9.84 Å². The molecule has 1 aliphatic heterocycles. The second-order valence-corrected chi connectivity index (χ2v) is 4.55. The number of rotatable bonds is 4. The molecule has 19 heavy (non-hydrogen) atoms. The van der Waals surface area contributed by atoms with Crippen molar-refractivity contribution in [3.8, 4) is 0 Å². The fourth-order valence-electron chi connectivity index (χ4n) is 2.39. The van der Waals surface area contributed by atoms with E-state index in [-0.39, 0.29) is 18.9 Å². The molecule has 7 heteroatoms. The lowest BCUT2D eigenvalue weighted by Crippen LogP contribution is -2.14. The Morgan fingerprint density at radius 2 is 2.32 bits per heavy atom. The van der Waals surface area contributed by atoms with Gasteiger partial charge in [0.05, 0.1) is 19.0 Å². The highest BCUT2D eigenvalue weighted by atomic mass is 16.5. The molecule has 1 saturated heterocycles. The van der Waals surface area contributed by atoms with Crippen molar-refractivity contribution in [2.45, 2.75) is 32.1 Å². The molecule has 2 N–H and O–H groups in total. The molecule has 0 unspecified atom stereocenters. The van der Waals surface area contributed by atoms with Crippen molar-refractivity contribution in [2.75, 3.05) is 18.5 Å². The van der Waals surface area contributed by atoms with Crippen LogP contribution in [-0.4, -0.2) is 43.9 Å². The number of nitrogens with one attached hydrogen (secondary N) is 1. The number of hydrogen-bond acceptors (Lipinski definition) is 6. The molecule has 2 aromatic heterocycles. The van der Waals surface area contributed by atoms with E-state index in [1.165, 1.54) is 6.33 Å². The number of aromatic nitrogens is 4. The summed E-state index contributed by atoms with van der Waals surface area (Å²) in [5, 5.41) is 12.3. The van der Waals surface area contributed by atoms with Gasteiger partial charge in [0, 0.05) is 6.54 Å². The quantitative estimate of drug-likeness (QED) is 0.853. The molecule has 7 nitrogen and oxygen atoms in total. The number of nitrogens with zero attached hydrogens (tertiary/aromatic N) is 4. The molecule has 2 aromatic rings. The summed E-state index contributed by atoms with van der Waals surface area (Å²) in [6.45, 7) is 2.85. The van der Waals surface area contributed by atoms with Gasteiger partial charge in [0.1, 0.15) is 12.6 Å². The van der Waals surface area contributed by atoms with Crippen molar-refractivity contribution in [3.63, 3.8) is 0 Å². The van der Waals surface area contributed by atoms with Crippen LogP contribution in [0.3, 0.4) is 0 Å². The molecule has 0 aliphatic carbocycles. The number of anilines is 1. The second kappa shape index (κ2) is 5.10. The Morgan fingerprint density at radius 3 is 3.05 bits per heavy atom. The lowest BCUT2D eigenvalue weighted by atomic mass is 10.2. The van der Waals surface area contributed by atoms with Gasteiger partial charge in [-0.1, -0.05) is 0 Å². The van der Waals surface area contributed by atoms with Gasteiger partial charge in [-0.3, -0.25) is 4.57 Å². The molecule has 0 radical (unpaired) electrons. The zero-order valence-corrected chi connectivity index (χ0v) is 10.8. The number of hydrogen-bond donors (Lipinski definition) is 2. The van der Waals surface area contributed by atoms with Crippen molar-refractivity contribution in [3.05, 3.63) is 12.7 Å². The predicted molar refractivity (Wildman–Crippen MR) is 69.7 cm³/mol. The number of imidazole rings is 1. The van der Waals surface area contributed by atoms with Crippen LogP contribution in [0.5, 0.6) is 0 Å². The van der Waals surface area contributed by atoms with Crippen molar-refractivity contribution >= 4 is 17.0 Å². The first-order valence-corrected chi connectivity index (χ1v) is 6.51. The van der Waals surface area contributed by atoms with Crippen LogP contribution in [-0.2, 0) is 4.74 Å². The van der Waals surface area contributed by atoms with E-state index in [0.29, 0.717) is 0 Å². The van der Waals surface area contributed by atoms with Crippen LogP contribution in [0.15, 0.2) is 12.7 Å². The minimum atomic E-state index is -0.105. The number of ether oxygens (including phenoxy) is 1. The van der Waals surface area contributed by atoms with E-state index in [0.717, 1.165) is 36.4 Å². The van der Waals surface area contributed by atoms with Gasteiger partial charge < -0.3 is 15.2 Å². The first kappa shape index (κ1) is 12.3. The third-order valence-corrected chi connectivity index (χ3v) is 3.30. The van der Waals surface area contributed by atoms with E-state index in [2.05, 4.69) is 20.3 Å². The zero-order valence-electron chi connectivity index (χ0n) is 10.8. The standard InChI is InChI=1S/C12H17N5O2/c1-2-13-11-10-12(15-6-14-11)17(7-16-10)9-4-3-8(5-18)19-9/h6-9,18H,2-5H2,1H3,(H,13,14,15)/t8-,9+/m0/s1. The second-order valence-electron chi connectivity index (χ2n) is 4.55. The first-order valence-electron chi connectivity index (χ1n) is 6.51. The van der Waals surface area contributed by atoms with E-state index in [1.54, 1.807) is 6.33 Å². The number of aliphatic hydroxyl groups is 1. The summed E-state index contributed by atoms with van der Waals surface area (Å²) in [7, 11) is 0. The maximum atomic E-state index is 9.12. The van der Waals surface area contributed by atoms with Gasteiger partial charge in [0.25, 0.3) is 0 Å². The summed E-state index contributed by atoms with van der Waals surface area (Å²) < 4.78 is 7.67. The Balaban J connectivity index is 1.95. The van der Waals surface area contributed by atoms with Crippen LogP contribution >= 0.6 is 0 Å². The Kier molecular flexibility index (Phi) is 3.31. The fraction of sp³-hybridized carbons (Fsp3) is 0.583. The molecular formula is C12H17N5O2. The van der Waals surface area contributed by atoms with Gasteiger partial charge in [-0.25, -0.2) is 15.0 Å². The average Bonchev–Trinajstić information content (AvgIpc) is 3.05. The summed E-state index contributed by atoms with van der Waals surface area (Å²) in [5.74, 6) is 0.739. The van der Waals surface area contributed by atoms with E-state index in [9.17, 15) is 0 Å². The lowest BCUT2D eigenvalue weighted by Gasteiger charge is -2.13. The Hall–Kier alpha value is -1.73. The average molecular weight is 263 g/mol. The molecule has 0 amide bonds. The van der Waals surface area contributed by atoms with Crippen LogP contribution in [0, 0.1) is 0 Å². The minimum absolute atomic E-state index is 0.0563. The summed E-state index contributed by atoms with van der Waals surface area (Å²) >= 11 is 0. The molecule has 0 bridgehead atoms. The molecule has 0 aromatic carbocycles. The summed E-state index contributed by atoms with van der Waals surface area (Å²) in [4.78, 5) is 12.8. The number of fused-ring (bicyclic) bond motifs is 1. The van der Waals surface area contributed by atoms with Gasteiger partial charge in [-0.05, 0) is 19.8 Å². The van der Waals surface area contributed by atoms with Crippen molar-refractivity contribution in [2.24, 2.45) is 0 Å². The molecule has 102 valence electrons. The summed E-state index contributed by atoms with van der Waals surface area (Å²) in [6.07, 6.45) is 4.77. The molecule has 1 aliphatic rings. The molecule has 3 heterocycles. The molecule has 0 saturated carbocycles. The molecule has 0 spiro atoms. The fourth-order valence-corrected chi connectivity index (χ4v) is 2.39. The van der Waals surface area contributed by atoms with Gasteiger partial charge in [0.15, 0.2) is 17.0 Å². The molecule has 1 fully saturated rings. The predicted octanol–water partition coefficient (Wildman–Crippen LogP) is 0.928. The minimum Gasteiger partial charge on any atom is -0.394 e. The van der Waals surface area contributed by atoms with Crippen molar-refractivity contribution in [1.29, 1.82) is 0 Å². The molecule has 3 rings (SSSR count). The van der Waals surface area contributed by atoms with E-state index >= 15 is 0 Å². The monoisotopic (exact) mass is 263 g/mol. The first-order chi connectivity index (χ1) is 9.33. The normalized spacial score (nSPS) is 23.1. The smallest absolute Gasteiger partial charge is 0.167 e. The third-order valence-electron chi connectivity index (χ3n) is 3.30. The van der Waals surface area contributed by atoms with Gasteiger partial charge in [-0.2, -0.15) is 0 Å². The van der Waals surface area contributed by atoms with E-state index < -0.39 is 0 Å². The van der Waals surface area contributed by atoms with Crippen LogP contribution in [0.2, 0.25) is 0 Å². The summed E-state index contributed by atoms with van der Waals surface area (Å²) in [5.41, 5.74) is 1.51. The van der Waals surface area contributed by atoms with Crippen molar-refractivity contribution in [1.82, 2.24) is 19.5 Å². The van der Waals surface area contributed by atoms with Crippen LogP contribution in [0.1, 0.15) is 26.0 Å². The zero-order chi connectivity index (χ0) is 13.2. The Bertz CT molecular complexity index is 570. The Morgan fingerprint density at radius 1 is 1.42 bits per heavy atom. The number of aliphatic hydroxyl groups excluding tert-OH is 1. The maximum Gasteiger partial charge on any atom is 0.167 e. The highest BCUT2D eigenvalue weighted by molar-refractivity contribution is 5.82. The van der Waals surface area contributed by atoms with E-state index in [1.807, 2.05) is 11.5 Å². The largest absolute Gasteiger partial charge is 0.394 e. The molecule has 2 atom stereocenters. The van der Waals surface area contributed by atoms with Crippen LogP contribution in [0.25, 0.3) is 11.2 Å². The highest BCUT2D eigenvalue weighted by Gasteiger charge is 2.27. The highest BCUT2D eigenvalue weighted by Crippen LogP contribution is 2.30. The van der Waals surface area contributed by atoms with Crippen LogP contribution < -0.4 is 5.32 Å². The molecular weight excluding hydrogens is 246 g/mol. The van der Waals surface area contributed by atoms with Gasteiger partial charge >= 0.3 is 0 Å². The van der Waals surface area contributed by atoms with Gasteiger partial charge in [-0.15, -0.1) is 0 Å². The topological polar surface area (TPSA) is 85.1 Å².